The molecule has 1 aromatic carbocycles. The second kappa shape index (κ2) is 8.69. The molecule has 31 heavy (non-hydrogen) atoms. The predicted octanol–water partition coefficient (Wildman–Crippen LogP) is 2.59. The van der Waals surface area contributed by atoms with Crippen molar-refractivity contribution < 1.29 is 41.0 Å². The third-order valence-electron chi connectivity index (χ3n) is 5.27. The van der Waals surface area contributed by atoms with Crippen LogP contribution in [-0.2, 0) is 20.9 Å². The van der Waals surface area contributed by atoms with E-state index in [0.29, 0.717) is 6.07 Å². The summed E-state index contributed by atoms with van der Waals surface area (Å²) in [6.45, 7) is 1.14. The van der Waals surface area contributed by atoms with E-state index < -0.39 is 54.5 Å². The van der Waals surface area contributed by atoms with Crippen LogP contribution in [0.2, 0.25) is 0 Å². The summed E-state index contributed by atoms with van der Waals surface area (Å²) in [7, 11) is 0. The number of nitrogens with zero attached hydrogens (tertiary/aromatic N) is 1. The number of hydrogen-bond donors (Lipinski definition) is 2. The Bertz CT molecular complexity index is 947. The van der Waals surface area contributed by atoms with Crippen LogP contribution in [-0.4, -0.2) is 41.2 Å². The van der Waals surface area contributed by atoms with Crippen LogP contribution in [0, 0.1) is 16.5 Å². The number of alkyl halides is 3. The first-order valence-corrected chi connectivity index (χ1v) is 9.37. The Balaban J connectivity index is 1.71. The second-order valence-corrected chi connectivity index (χ2v) is 7.33. The number of nitrogens with one attached hydrogen (secondary N) is 2. The first-order valence-electron chi connectivity index (χ1n) is 9.37. The van der Waals surface area contributed by atoms with E-state index >= 15 is 0 Å². The summed E-state index contributed by atoms with van der Waals surface area (Å²) in [5.74, 6) is -2.91. The van der Waals surface area contributed by atoms with Gasteiger partial charge in [-0.3, -0.25) is 9.59 Å². The van der Waals surface area contributed by atoms with Crippen molar-refractivity contribution in [3.8, 4) is 0 Å². The van der Waals surface area contributed by atoms with Gasteiger partial charge in [-0.1, -0.05) is 6.07 Å². The average molecular weight is 448 g/mol. The Labute approximate surface area is 173 Å². The summed E-state index contributed by atoms with van der Waals surface area (Å²) >= 11 is 0. The van der Waals surface area contributed by atoms with Crippen molar-refractivity contribution >= 4 is 11.8 Å². The highest BCUT2D eigenvalue weighted by Crippen LogP contribution is 2.33. The molecular formula is C19H19F5N3O4+. The fourth-order valence-electron chi connectivity index (χ4n) is 3.79. The molecule has 2 N–H and O–H groups in total. The molecule has 2 aliphatic heterocycles. The minimum absolute atomic E-state index is 0.0266. The smallest absolute Gasteiger partial charge is 0.352 e. The third kappa shape index (κ3) is 5.24. The summed E-state index contributed by atoms with van der Waals surface area (Å²) < 4.78 is 68.3. The number of benzene rings is 1. The molecule has 3 atom stereocenters. The van der Waals surface area contributed by atoms with Crippen molar-refractivity contribution in [1.82, 2.24) is 10.6 Å². The van der Waals surface area contributed by atoms with Gasteiger partial charge in [-0.05, 0) is 19.4 Å². The van der Waals surface area contributed by atoms with Gasteiger partial charge in [0.25, 0.3) is 0 Å². The molecule has 0 bridgehead atoms. The topological polar surface area (TPSA) is 87.5 Å². The summed E-state index contributed by atoms with van der Waals surface area (Å²) in [4.78, 5) is 37.2. The molecule has 0 saturated carbocycles. The summed E-state index contributed by atoms with van der Waals surface area (Å²) in [6, 6.07) is 1.02. The number of hydrogen-bond acceptors (Lipinski definition) is 4. The SMILES string of the molecule is CC1=C(CC(=O)NCc2ccc(F)cc2F)C(=O)NC2CCC(OC(F)(F)F)[N+](=O)C12. The number of carbonyl (C=O) groups is 2. The minimum Gasteiger partial charge on any atom is -0.352 e. The standard InChI is InChI=1S/C19H18F5N3O4/c1-9-12(7-15(28)25-8-10-2-3-11(20)6-13(10)21)18(29)26-14-4-5-16(27(30)17(9)14)31-19(22,23)24/h2-3,6,14,16-17H,4-5,7-8H2,1H3,(H-,25,26,28,29)/p+1. The molecule has 168 valence electrons. The lowest BCUT2D eigenvalue weighted by atomic mass is 9.84. The van der Waals surface area contributed by atoms with Crippen LogP contribution in [0.25, 0.3) is 0 Å². The van der Waals surface area contributed by atoms with Crippen molar-refractivity contribution in [1.29, 1.82) is 0 Å². The van der Waals surface area contributed by atoms with Crippen molar-refractivity contribution in [3.63, 3.8) is 0 Å². The highest BCUT2D eigenvalue weighted by molar-refractivity contribution is 6.00. The number of amides is 2. The zero-order chi connectivity index (χ0) is 22.9. The average Bonchev–Trinajstić information content (AvgIpc) is 2.65. The Morgan fingerprint density at radius 1 is 1.29 bits per heavy atom. The fourth-order valence-corrected chi connectivity index (χ4v) is 3.79. The molecule has 2 heterocycles. The van der Waals surface area contributed by atoms with E-state index in [4.69, 9.17) is 0 Å². The zero-order valence-corrected chi connectivity index (χ0v) is 16.3. The van der Waals surface area contributed by atoms with Gasteiger partial charge in [0.05, 0.1) is 12.5 Å². The van der Waals surface area contributed by atoms with E-state index in [1.165, 1.54) is 6.92 Å². The van der Waals surface area contributed by atoms with E-state index in [1.54, 1.807) is 0 Å². The Kier molecular flexibility index (Phi) is 6.39. The van der Waals surface area contributed by atoms with E-state index in [-0.39, 0.29) is 40.9 Å². The fraction of sp³-hybridized carbons (Fsp3) is 0.474. The molecule has 12 heteroatoms. The van der Waals surface area contributed by atoms with Crippen LogP contribution in [0.1, 0.15) is 31.7 Å². The van der Waals surface area contributed by atoms with Crippen molar-refractivity contribution in [3.05, 3.63) is 51.5 Å². The maximum Gasteiger partial charge on any atom is 0.527 e. The lowest BCUT2D eigenvalue weighted by Gasteiger charge is -2.34. The van der Waals surface area contributed by atoms with Crippen LogP contribution in [0.4, 0.5) is 22.0 Å². The van der Waals surface area contributed by atoms with Gasteiger partial charge < -0.3 is 10.6 Å². The zero-order valence-electron chi connectivity index (χ0n) is 16.3. The summed E-state index contributed by atoms with van der Waals surface area (Å²) in [5, 5.41) is 4.94. The normalized spacial score (nSPS) is 24.0. The lowest BCUT2D eigenvalue weighted by molar-refractivity contribution is -0.684. The van der Waals surface area contributed by atoms with Gasteiger partial charge in [0.1, 0.15) is 11.6 Å². The van der Waals surface area contributed by atoms with Gasteiger partial charge in [0.2, 0.25) is 17.9 Å². The van der Waals surface area contributed by atoms with Gasteiger partial charge in [0, 0.05) is 45.4 Å². The first kappa shape index (κ1) is 22.8. The van der Waals surface area contributed by atoms with Gasteiger partial charge >= 0.3 is 12.6 Å². The molecule has 2 amide bonds. The van der Waals surface area contributed by atoms with E-state index in [0.717, 1.165) is 12.1 Å². The molecule has 3 unspecified atom stereocenters. The Morgan fingerprint density at radius 3 is 2.65 bits per heavy atom. The van der Waals surface area contributed by atoms with Gasteiger partial charge in [-0.25, -0.2) is 13.5 Å². The first-order chi connectivity index (χ1) is 14.5. The molecule has 1 aromatic rings. The van der Waals surface area contributed by atoms with Crippen LogP contribution in [0.5, 0.6) is 0 Å². The molecule has 0 radical (unpaired) electrons. The number of fused-ring (bicyclic) bond motifs is 1. The van der Waals surface area contributed by atoms with E-state index in [1.807, 2.05) is 0 Å². The Morgan fingerprint density at radius 2 is 2.00 bits per heavy atom. The van der Waals surface area contributed by atoms with Crippen molar-refractivity contribution in [2.75, 3.05) is 0 Å². The molecule has 3 rings (SSSR count). The second-order valence-electron chi connectivity index (χ2n) is 7.33. The largest absolute Gasteiger partial charge is 0.527 e. The minimum atomic E-state index is -4.99. The highest BCUT2D eigenvalue weighted by atomic mass is 19.4. The molecule has 0 spiro atoms. The van der Waals surface area contributed by atoms with Crippen LogP contribution >= 0.6 is 0 Å². The number of ether oxygens (including phenoxy) is 1. The van der Waals surface area contributed by atoms with Crippen LogP contribution in [0.3, 0.4) is 0 Å². The number of rotatable bonds is 5. The lowest BCUT2D eigenvalue weighted by Crippen LogP contribution is -2.59. The number of halogens is 5. The quantitative estimate of drug-likeness (QED) is 0.536. The molecule has 1 fully saturated rings. The number of carbonyl (C=O) groups excluding carboxylic acids is 2. The summed E-state index contributed by atoms with van der Waals surface area (Å²) in [5.41, 5.74) is 0.132. The number of piperidine rings is 1. The van der Waals surface area contributed by atoms with Crippen LogP contribution < -0.4 is 10.6 Å². The van der Waals surface area contributed by atoms with E-state index in [2.05, 4.69) is 15.4 Å². The monoisotopic (exact) mass is 448 g/mol. The highest BCUT2D eigenvalue weighted by Gasteiger charge is 2.53. The maximum atomic E-state index is 13.7. The van der Waals surface area contributed by atoms with Gasteiger partial charge in [-0.2, -0.15) is 0 Å². The predicted molar refractivity (Wildman–Crippen MR) is 95.0 cm³/mol. The molecule has 0 aromatic heterocycles. The van der Waals surface area contributed by atoms with Gasteiger partial charge in [0.15, 0.2) is 0 Å². The van der Waals surface area contributed by atoms with Crippen LogP contribution in [0.15, 0.2) is 29.3 Å². The molecular weight excluding hydrogens is 429 g/mol. The molecule has 2 aliphatic rings. The Hall–Kier alpha value is -2.89. The number of nitroso groups, excluding NO2 is 1. The molecule has 0 aliphatic carbocycles. The molecule has 1 saturated heterocycles. The maximum absolute atomic E-state index is 13.7. The molecule has 7 nitrogen and oxygen atoms in total. The van der Waals surface area contributed by atoms with E-state index in [9.17, 15) is 36.4 Å². The van der Waals surface area contributed by atoms with Crippen molar-refractivity contribution in [2.24, 2.45) is 0 Å². The van der Waals surface area contributed by atoms with Crippen molar-refractivity contribution in [2.45, 2.75) is 57.4 Å². The van der Waals surface area contributed by atoms with Gasteiger partial charge in [-0.15, -0.1) is 13.2 Å². The summed E-state index contributed by atoms with van der Waals surface area (Å²) in [6.07, 6.45) is -7.35. The third-order valence-corrected chi connectivity index (χ3v) is 5.27.